The fourth-order valence-electron chi connectivity index (χ4n) is 1.69. The number of rotatable bonds is 6. The lowest BCUT2D eigenvalue weighted by atomic mass is 10.3. The maximum absolute atomic E-state index is 12.9. The smallest absolute Gasteiger partial charge is 0.267 e. The molecule has 2 rings (SSSR count). The summed E-state index contributed by atoms with van der Waals surface area (Å²) in [5, 5.41) is 5.89. The average Bonchev–Trinajstić information content (AvgIpc) is 2.92. The third-order valence-corrected chi connectivity index (χ3v) is 2.64. The van der Waals surface area contributed by atoms with E-state index in [4.69, 9.17) is 0 Å². The molecule has 0 spiro atoms. The molecule has 1 amide bonds. The number of benzene rings is 1. The van der Waals surface area contributed by atoms with Crippen molar-refractivity contribution in [1.29, 1.82) is 0 Å². The predicted molar refractivity (Wildman–Crippen MR) is 72.6 cm³/mol. The Morgan fingerprint density at radius 1 is 1.21 bits per heavy atom. The molecule has 0 unspecified atom stereocenters. The summed E-state index contributed by atoms with van der Waals surface area (Å²) in [7, 11) is 0. The quantitative estimate of drug-likeness (QED) is 0.699. The van der Waals surface area contributed by atoms with Gasteiger partial charge in [0.15, 0.2) is 0 Å². The molecule has 0 radical (unpaired) electrons. The number of aromatic nitrogens is 1. The minimum Gasteiger partial charge on any atom is -0.385 e. The molecule has 19 heavy (non-hydrogen) atoms. The zero-order chi connectivity index (χ0) is 13.5. The molecule has 0 aliphatic rings. The molecule has 0 atom stereocenters. The van der Waals surface area contributed by atoms with Gasteiger partial charge in [-0.3, -0.25) is 4.79 Å². The van der Waals surface area contributed by atoms with Gasteiger partial charge in [-0.1, -0.05) is 6.07 Å². The number of nitrogens with one attached hydrogen (secondary N) is 3. The first kappa shape index (κ1) is 13.1. The minimum absolute atomic E-state index is 0.115. The molecule has 0 aliphatic carbocycles. The van der Waals surface area contributed by atoms with Gasteiger partial charge >= 0.3 is 0 Å². The molecule has 1 heterocycles. The summed E-state index contributed by atoms with van der Waals surface area (Å²) in [4.78, 5) is 14.4. The largest absolute Gasteiger partial charge is 0.385 e. The Kier molecular flexibility index (Phi) is 4.55. The second-order valence-corrected chi connectivity index (χ2v) is 4.13. The lowest BCUT2D eigenvalue weighted by Crippen LogP contribution is -2.26. The van der Waals surface area contributed by atoms with Crippen LogP contribution in [0.5, 0.6) is 0 Å². The van der Waals surface area contributed by atoms with Crippen molar-refractivity contribution in [2.24, 2.45) is 0 Å². The minimum atomic E-state index is -0.259. The molecule has 0 bridgehead atoms. The standard InChI is InChI=1S/C14H16FN3O/c15-11-4-1-5-12(10-11)16-8-3-9-18-14(19)13-6-2-7-17-13/h1-2,4-7,10,16-17H,3,8-9H2,(H,18,19). The van der Waals surface area contributed by atoms with Gasteiger partial charge in [-0.05, 0) is 36.8 Å². The Hall–Kier alpha value is -2.30. The molecule has 0 fully saturated rings. The predicted octanol–water partition coefficient (Wildman–Crippen LogP) is 2.39. The monoisotopic (exact) mass is 261 g/mol. The van der Waals surface area contributed by atoms with E-state index in [9.17, 15) is 9.18 Å². The number of hydrogen-bond donors (Lipinski definition) is 3. The van der Waals surface area contributed by atoms with Crippen LogP contribution in [0.4, 0.5) is 10.1 Å². The number of amides is 1. The highest BCUT2D eigenvalue weighted by molar-refractivity contribution is 5.92. The molecule has 5 heteroatoms. The van der Waals surface area contributed by atoms with Gasteiger partial charge < -0.3 is 15.6 Å². The zero-order valence-electron chi connectivity index (χ0n) is 10.4. The van der Waals surface area contributed by atoms with Crippen molar-refractivity contribution in [2.45, 2.75) is 6.42 Å². The Morgan fingerprint density at radius 2 is 2.11 bits per heavy atom. The van der Waals surface area contributed by atoms with Gasteiger partial charge in [0, 0.05) is 25.0 Å². The van der Waals surface area contributed by atoms with Crippen LogP contribution in [0.3, 0.4) is 0 Å². The molecular formula is C14H16FN3O. The van der Waals surface area contributed by atoms with Crippen molar-refractivity contribution in [3.8, 4) is 0 Å². The molecule has 0 saturated carbocycles. The highest BCUT2D eigenvalue weighted by Gasteiger charge is 2.03. The van der Waals surface area contributed by atoms with E-state index in [2.05, 4.69) is 15.6 Å². The van der Waals surface area contributed by atoms with Crippen LogP contribution in [0.25, 0.3) is 0 Å². The summed E-state index contributed by atoms with van der Waals surface area (Å²) in [5.74, 6) is -0.374. The van der Waals surface area contributed by atoms with Crippen LogP contribution in [0.1, 0.15) is 16.9 Å². The molecule has 1 aromatic heterocycles. The first-order valence-electron chi connectivity index (χ1n) is 6.17. The third kappa shape index (κ3) is 4.13. The van der Waals surface area contributed by atoms with Gasteiger partial charge in [0.05, 0.1) is 0 Å². The van der Waals surface area contributed by atoms with Crippen LogP contribution < -0.4 is 10.6 Å². The topological polar surface area (TPSA) is 56.9 Å². The molecule has 0 aliphatic heterocycles. The van der Waals surface area contributed by atoms with Crippen molar-refractivity contribution >= 4 is 11.6 Å². The van der Waals surface area contributed by atoms with E-state index in [0.717, 1.165) is 12.1 Å². The number of carbonyl (C=O) groups is 1. The Balaban J connectivity index is 1.64. The van der Waals surface area contributed by atoms with Gasteiger partial charge in [-0.2, -0.15) is 0 Å². The number of anilines is 1. The van der Waals surface area contributed by atoms with E-state index in [-0.39, 0.29) is 11.7 Å². The van der Waals surface area contributed by atoms with E-state index in [1.165, 1.54) is 12.1 Å². The Labute approximate surface area is 111 Å². The van der Waals surface area contributed by atoms with Gasteiger partial charge in [0.2, 0.25) is 0 Å². The summed E-state index contributed by atoms with van der Waals surface area (Å²) < 4.78 is 12.9. The third-order valence-electron chi connectivity index (χ3n) is 2.64. The normalized spacial score (nSPS) is 10.2. The first-order valence-corrected chi connectivity index (χ1v) is 6.17. The highest BCUT2D eigenvalue weighted by Crippen LogP contribution is 2.08. The molecular weight excluding hydrogens is 245 g/mol. The molecule has 2 aromatic rings. The van der Waals surface area contributed by atoms with Crippen molar-refractivity contribution in [2.75, 3.05) is 18.4 Å². The Bertz CT molecular complexity index is 525. The van der Waals surface area contributed by atoms with E-state index < -0.39 is 0 Å². The number of hydrogen-bond acceptors (Lipinski definition) is 2. The maximum Gasteiger partial charge on any atom is 0.267 e. The van der Waals surface area contributed by atoms with Crippen molar-refractivity contribution in [3.05, 3.63) is 54.1 Å². The molecule has 3 N–H and O–H groups in total. The lowest BCUT2D eigenvalue weighted by molar-refractivity contribution is 0.0949. The number of carbonyl (C=O) groups excluding carboxylic acids is 1. The van der Waals surface area contributed by atoms with Crippen LogP contribution in [0, 0.1) is 5.82 Å². The number of halogens is 1. The van der Waals surface area contributed by atoms with Crippen LogP contribution in [0.15, 0.2) is 42.6 Å². The molecule has 100 valence electrons. The average molecular weight is 261 g/mol. The summed E-state index contributed by atoms with van der Waals surface area (Å²) in [6, 6.07) is 9.81. The SMILES string of the molecule is O=C(NCCCNc1cccc(F)c1)c1ccc[nH]1. The fraction of sp³-hybridized carbons (Fsp3) is 0.214. The summed E-state index contributed by atoms with van der Waals surface area (Å²) in [6.07, 6.45) is 2.48. The van der Waals surface area contributed by atoms with Gasteiger partial charge in [0.1, 0.15) is 11.5 Å². The van der Waals surface area contributed by atoms with E-state index >= 15 is 0 Å². The van der Waals surface area contributed by atoms with Crippen molar-refractivity contribution in [1.82, 2.24) is 10.3 Å². The fourth-order valence-corrected chi connectivity index (χ4v) is 1.69. The summed E-state index contributed by atoms with van der Waals surface area (Å²) in [6.45, 7) is 1.24. The van der Waals surface area contributed by atoms with Gasteiger partial charge in [-0.25, -0.2) is 4.39 Å². The van der Waals surface area contributed by atoms with E-state index in [1.807, 2.05) is 0 Å². The molecule has 4 nitrogen and oxygen atoms in total. The first-order chi connectivity index (χ1) is 9.25. The summed E-state index contributed by atoms with van der Waals surface area (Å²) >= 11 is 0. The molecule has 0 saturated heterocycles. The summed E-state index contributed by atoms with van der Waals surface area (Å²) in [5.41, 5.74) is 1.30. The van der Waals surface area contributed by atoms with E-state index in [0.29, 0.717) is 18.8 Å². The zero-order valence-corrected chi connectivity index (χ0v) is 10.4. The van der Waals surface area contributed by atoms with Crippen LogP contribution in [-0.4, -0.2) is 24.0 Å². The Morgan fingerprint density at radius 3 is 2.84 bits per heavy atom. The van der Waals surface area contributed by atoms with E-state index in [1.54, 1.807) is 30.5 Å². The number of H-pyrrole nitrogens is 1. The van der Waals surface area contributed by atoms with Crippen LogP contribution >= 0.6 is 0 Å². The van der Waals surface area contributed by atoms with Crippen LogP contribution in [0.2, 0.25) is 0 Å². The van der Waals surface area contributed by atoms with Crippen molar-refractivity contribution in [3.63, 3.8) is 0 Å². The highest BCUT2D eigenvalue weighted by atomic mass is 19.1. The maximum atomic E-state index is 12.9. The van der Waals surface area contributed by atoms with Crippen LogP contribution in [-0.2, 0) is 0 Å². The lowest BCUT2D eigenvalue weighted by Gasteiger charge is -2.07. The second kappa shape index (κ2) is 6.58. The second-order valence-electron chi connectivity index (χ2n) is 4.13. The molecule has 1 aromatic carbocycles. The van der Waals surface area contributed by atoms with Gasteiger partial charge in [0.25, 0.3) is 5.91 Å². The number of aromatic amines is 1. The van der Waals surface area contributed by atoms with Gasteiger partial charge in [-0.15, -0.1) is 0 Å². The van der Waals surface area contributed by atoms with Crippen molar-refractivity contribution < 1.29 is 9.18 Å².